The third kappa shape index (κ3) is 1.64. The summed E-state index contributed by atoms with van der Waals surface area (Å²) in [6.07, 6.45) is 0. The van der Waals surface area contributed by atoms with Crippen molar-refractivity contribution in [1.82, 2.24) is 0 Å². The standard InChI is InChI=1S/C10H5Cl2NO2/c11-7-4-5-8(12)10-6(7)2-1-3-9(10)13(14)15/h1-5H. The van der Waals surface area contributed by atoms with Crippen LogP contribution < -0.4 is 0 Å². The maximum atomic E-state index is 10.8. The predicted octanol–water partition coefficient (Wildman–Crippen LogP) is 4.05. The number of nitrogens with zero attached hydrogens (tertiary/aromatic N) is 1. The third-order valence-corrected chi connectivity index (χ3v) is 2.76. The lowest BCUT2D eigenvalue weighted by molar-refractivity contribution is -0.383. The van der Waals surface area contributed by atoms with E-state index in [1.165, 1.54) is 6.07 Å². The van der Waals surface area contributed by atoms with Crippen molar-refractivity contribution in [1.29, 1.82) is 0 Å². The summed E-state index contributed by atoms with van der Waals surface area (Å²) in [6.45, 7) is 0. The molecule has 0 bridgehead atoms. The van der Waals surface area contributed by atoms with Crippen LogP contribution in [0.25, 0.3) is 10.8 Å². The van der Waals surface area contributed by atoms with E-state index in [-0.39, 0.29) is 5.69 Å². The molecule has 0 radical (unpaired) electrons. The fourth-order valence-corrected chi connectivity index (χ4v) is 1.94. The molecular weight excluding hydrogens is 237 g/mol. The van der Waals surface area contributed by atoms with E-state index in [9.17, 15) is 10.1 Å². The molecule has 0 aliphatic heterocycles. The maximum absolute atomic E-state index is 10.8. The Morgan fingerprint density at radius 1 is 1.07 bits per heavy atom. The summed E-state index contributed by atoms with van der Waals surface area (Å²) in [5, 5.41) is 12.6. The molecule has 76 valence electrons. The molecule has 0 spiro atoms. The zero-order valence-electron chi connectivity index (χ0n) is 7.41. The molecule has 3 nitrogen and oxygen atoms in total. The second-order valence-electron chi connectivity index (χ2n) is 2.99. The Hall–Kier alpha value is -1.32. The van der Waals surface area contributed by atoms with Gasteiger partial charge in [0.15, 0.2) is 0 Å². The highest BCUT2D eigenvalue weighted by Crippen LogP contribution is 2.35. The number of non-ortho nitro benzene ring substituents is 1. The fraction of sp³-hybridized carbons (Fsp3) is 0. The van der Waals surface area contributed by atoms with Crippen molar-refractivity contribution >= 4 is 39.7 Å². The molecule has 0 aliphatic rings. The molecular formula is C10H5Cl2NO2. The van der Waals surface area contributed by atoms with E-state index in [0.717, 1.165) is 0 Å². The van der Waals surface area contributed by atoms with E-state index in [1.54, 1.807) is 24.3 Å². The van der Waals surface area contributed by atoms with Crippen molar-refractivity contribution in [3.05, 3.63) is 50.5 Å². The molecule has 0 saturated carbocycles. The molecule has 0 N–H and O–H groups in total. The van der Waals surface area contributed by atoms with Crippen molar-refractivity contribution in [2.24, 2.45) is 0 Å². The monoisotopic (exact) mass is 241 g/mol. The zero-order valence-corrected chi connectivity index (χ0v) is 8.92. The van der Waals surface area contributed by atoms with Crippen LogP contribution in [0.5, 0.6) is 0 Å². The van der Waals surface area contributed by atoms with Gasteiger partial charge in [-0.15, -0.1) is 0 Å². The normalized spacial score (nSPS) is 10.5. The Morgan fingerprint density at radius 3 is 2.40 bits per heavy atom. The lowest BCUT2D eigenvalue weighted by Crippen LogP contribution is -1.90. The third-order valence-electron chi connectivity index (χ3n) is 2.11. The van der Waals surface area contributed by atoms with Gasteiger partial charge in [-0.1, -0.05) is 35.3 Å². The van der Waals surface area contributed by atoms with Gasteiger partial charge < -0.3 is 0 Å². The van der Waals surface area contributed by atoms with E-state index >= 15 is 0 Å². The average molecular weight is 242 g/mol. The van der Waals surface area contributed by atoms with Crippen LogP contribution in [0.3, 0.4) is 0 Å². The molecule has 5 heteroatoms. The number of benzene rings is 2. The quantitative estimate of drug-likeness (QED) is 0.559. The largest absolute Gasteiger partial charge is 0.278 e. The van der Waals surface area contributed by atoms with Crippen LogP contribution in [0.1, 0.15) is 0 Å². The van der Waals surface area contributed by atoms with Crippen LogP contribution in [0.2, 0.25) is 10.0 Å². The maximum Gasteiger partial charge on any atom is 0.278 e. The van der Waals surface area contributed by atoms with E-state index in [1.807, 2.05) is 0 Å². The van der Waals surface area contributed by atoms with E-state index in [4.69, 9.17) is 23.2 Å². The van der Waals surface area contributed by atoms with Gasteiger partial charge in [0.05, 0.1) is 15.3 Å². The second kappa shape index (κ2) is 3.68. The summed E-state index contributed by atoms with van der Waals surface area (Å²) in [7, 11) is 0. The minimum atomic E-state index is -0.468. The Kier molecular flexibility index (Phi) is 2.50. The van der Waals surface area contributed by atoms with Crippen LogP contribution in [-0.2, 0) is 0 Å². The Bertz CT molecular complexity index is 554. The molecule has 0 aliphatic carbocycles. The molecule has 15 heavy (non-hydrogen) atoms. The highest BCUT2D eigenvalue weighted by molar-refractivity contribution is 6.41. The lowest BCUT2D eigenvalue weighted by atomic mass is 10.1. The van der Waals surface area contributed by atoms with Crippen LogP contribution in [0.15, 0.2) is 30.3 Å². The first kappa shape index (κ1) is 10.2. The average Bonchev–Trinajstić information content (AvgIpc) is 2.23. The van der Waals surface area contributed by atoms with E-state index in [2.05, 4.69) is 0 Å². The minimum Gasteiger partial charge on any atom is -0.258 e. The predicted molar refractivity (Wildman–Crippen MR) is 60.6 cm³/mol. The number of nitro groups is 1. The van der Waals surface area contributed by atoms with Gasteiger partial charge in [0.2, 0.25) is 0 Å². The van der Waals surface area contributed by atoms with Gasteiger partial charge in [0, 0.05) is 16.5 Å². The van der Waals surface area contributed by atoms with Crippen LogP contribution in [-0.4, -0.2) is 4.92 Å². The van der Waals surface area contributed by atoms with Gasteiger partial charge >= 0.3 is 0 Å². The van der Waals surface area contributed by atoms with Gasteiger partial charge in [0.1, 0.15) is 0 Å². The summed E-state index contributed by atoms with van der Waals surface area (Å²) in [6, 6.07) is 7.87. The number of fused-ring (bicyclic) bond motifs is 1. The van der Waals surface area contributed by atoms with Crippen molar-refractivity contribution in [3.8, 4) is 0 Å². The smallest absolute Gasteiger partial charge is 0.258 e. The number of nitro benzene ring substituents is 1. The van der Waals surface area contributed by atoms with E-state index < -0.39 is 4.92 Å². The molecule has 0 unspecified atom stereocenters. The zero-order chi connectivity index (χ0) is 11.0. The number of hydrogen-bond donors (Lipinski definition) is 0. The fourth-order valence-electron chi connectivity index (χ4n) is 1.46. The molecule has 2 aromatic carbocycles. The Morgan fingerprint density at radius 2 is 1.73 bits per heavy atom. The summed E-state index contributed by atoms with van der Waals surface area (Å²) >= 11 is 11.8. The van der Waals surface area contributed by atoms with Crippen molar-refractivity contribution in [2.75, 3.05) is 0 Å². The molecule has 0 saturated heterocycles. The van der Waals surface area contributed by atoms with Gasteiger partial charge in [-0.05, 0) is 12.1 Å². The molecule has 0 aromatic heterocycles. The van der Waals surface area contributed by atoms with Crippen LogP contribution in [0, 0.1) is 10.1 Å². The molecule has 2 aromatic rings. The van der Waals surface area contributed by atoms with Crippen molar-refractivity contribution in [2.45, 2.75) is 0 Å². The van der Waals surface area contributed by atoms with Gasteiger partial charge in [0.25, 0.3) is 5.69 Å². The van der Waals surface area contributed by atoms with Gasteiger partial charge in [-0.3, -0.25) is 10.1 Å². The van der Waals surface area contributed by atoms with Crippen molar-refractivity contribution < 1.29 is 4.92 Å². The Balaban J connectivity index is 2.96. The molecule has 0 amide bonds. The molecule has 0 heterocycles. The van der Waals surface area contributed by atoms with Crippen molar-refractivity contribution in [3.63, 3.8) is 0 Å². The SMILES string of the molecule is O=[N+]([O-])c1cccc2c(Cl)ccc(Cl)c12. The first-order valence-electron chi connectivity index (χ1n) is 4.12. The number of hydrogen-bond acceptors (Lipinski definition) is 2. The minimum absolute atomic E-state index is 0.0278. The molecule has 0 fully saturated rings. The summed E-state index contributed by atoms with van der Waals surface area (Å²) < 4.78 is 0. The first-order chi connectivity index (χ1) is 7.11. The lowest BCUT2D eigenvalue weighted by Gasteiger charge is -2.03. The summed E-state index contributed by atoms with van der Waals surface area (Å²) in [5.74, 6) is 0. The first-order valence-corrected chi connectivity index (χ1v) is 4.88. The second-order valence-corrected chi connectivity index (χ2v) is 3.80. The van der Waals surface area contributed by atoms with E-state index in [0.29, 0.717) is 20.8 Å². The summed E-state index contributed by atoms with van der Waals surface area (Å²) in [5.41, 5.74) is -0.0278. The molecule has 2 rings (SSSR count). The number of rotatable bonds is 1. The van der Waals surface area contributed by atoms with Crippen LogP contribution >= 0.6 is 23.2 Å². The molecule has 0 atom stereocenters. The highest BCUT2D eigenvalue weighted by Gasteiger charge is 2.15. The van der Waals surface area contributed by atoms with Gasteiger partial charge in [-0.25, -0.2) is 0 Å². The van der Waals surface area contributed by atoms with Gasteiger partial charge in [-0.2, -0.15) is 0 Å². The van der Waals surface area contributed by atoms with Crippen LogP contribution in [0.4, 0.5) is 5.69 Å². The number of halogens is 2. The Labute approximate surface area is 95.4 Å². The highest BCUT2D eigenvalue weighted by atomic mass is 35.5. The topological polar surface area (TPSA) is 43.1 Å². The summed E-state index contributed by atoms with van der Waals surface area (Å²) in [4.78, 5) is 10.3.